The molecule has 0 fully saturated rings. The molecule has 3 aromatic carbocycles. The van der Waals surface area contributed by atoms with E-state index in [0.29, 0.717) is 36.3 Å². The van der Waals surface area contributed by atoms with Gasteiger partial charge in [-0.05, 0) is 61.0 Å². The van der Waals surface area contributed by atoms with Crippen LogP contribution in [-0.4, -0.2) is 40.6 Å². The highest BCUT2D eigenvalue weighted by Gasteiger charge is 2.27. The third-order valence-corrected chi connectivity index (χ3v) is 6.84. The molecule has 0 aliphatic heterocycles. The van der Waals surface area contributed by atoms with Gasteiger partial charge in [-0.3, -0.25) is 9.10 Å². The van der Waals surface area contributed by atoms with Crippen LogP contribution in [0.2, 0.25) is 5.02 Å². The zero-order chi connectivity index (χ0) is 24.4. The van der Waals surface area contributed by atoms with E-state index in [1.165, 1.54) is 24.3 Å². The van der Waals surface area contributed by atoms with Crippen LogP contribution in [0.3, 0.4) is 0 Å². The maximum Gasteiger partial charge on any atom is 0.264 e. The predicted molar refractivity (Wildman–Crippen MR) is 133 cm³/mol. The van der Waals surface area contributed by atoms with Crippen LogP contribution in [0.5, 0.6) is 5.75 Å². The van der Waals surface area contributed by atoms with Gasteiger partial charge in [0.05, 0.1) is 30.4 Å². The molecular formula is C25H27ClN2O5S. The summed E-state index contributed by atoms with van der Waals surface area (Å²) < 4.78 is 38.8. The van der Waals surface area contributed by atoms with Gasteiger partial charge >= 0.3 is 0 Å². The fourth-order valence-corrected chi connectivity index (χ4v) is 4.68. The fourth-order valence-electron chi connectivity index (χ4n) is 3.14. The highest BCUT2D eigenvalue weighted by atomic mass is 35.5. The van der Waals surface area contributed by atoms with Crippen molar-refractivity contribution in [3.8, 4) is 5.75 Å². The van der Waals surface area contributed by atoms with Gasteiger partial charge in [-0.2, -0.15) is 0 Å². The van der Waals surface area contributed by atoms with E-state index in [-0.39, 0.29) is 11.4 Å². The topological polar surface area (TPSA) is 84.9 Å². The van der Waals surface area contributed by atoms with E-state index in [0.717, 1.165) is 9.87 Å². The first-order chi connectivity index (χ1) is 16.4. The van der Waals surface area contributed by atoms with Crippen molar-refractivity contribution in [2.75, 3.05) is 30.6 Å². The minimum atomic E-state index is -4.02. The van der Waals surface area contributed by atoms with Gasteiger partial charge in [-0.15, -0.1) is 0 Å². The number of ether oxygens (including phenoxy) is 2. The molecule has 1 amide bonds. The second-order valence-electron chi connectivity index (χ2n) is 7.28. The van der Waals surface area contributed by atoms with Gasteiger partial charge < -0.3 is 14.8 Å². The van der Waals surface area contributed by atoms with Gasteiger partial charge in [0.15, 0.2) is 0 Å². The average molecular weight is 503 g/mol. The van der Waals surface area contributed by atoms with E-state index >= 15 is 0 Å². The highest BCUT2D eigenvalue weighted by Crippen LogP contribution is 2.26. The second-order valence-corrected chi connectivity index (χ2v) is 9.58. The summed E-state index contributed by atoms with van der Waals surface area (Å²) in [4.78, 5) is 12.7. The molecular weight excluding hydrogens is 476 g/mol. The lowest BCUT2D eigenvalue weighted by Crippen LogP contribution is -2.41. The average Bonchev–Trinajstić information content (AvgIpc) is 2.84. The Hall–Kier alpha value is -3.07. The van der Waals surface area contributed by atoms with E-state index in [9.17, 15) is 13.2 Å². The van der Waals surface area contributed by atoms with Crippen LogP contribution >= 0.6 is 11.6 Å². The number of anilines is 1. The van der Waals surface area contributed by atoms with Crippen LogP contribution < -0.4 is 14.4 Å². The van der Waals surface area contributed by atoms with Crippen molar-refractivity contribution in [2.45, 2.75) is 18.4 Å². The van der Waals surface area contributed by atoms with E-state index in [1.54, 1.807) is 24.3 Å². The quantitative estimate of drug-likeness (QED) is 0.374. The Kier molecular flexibility index (Phi) is 9.33. The third kappa shape index (κ3) is 7.21. The van der Waals surface area contributed by atoms with Gasteiger partial charge in [-0.1, -0.05) is 41.9 Å². The molecule has 1 N–H and O–H groups in total. The van der Waals surface area contributed by atoms with Crippen molar-refractivity contribution in [1.29, 1.82) is 0 Å². The summed E-state index contributed by atoms with van der Waals surface area (Å²) in [6.07, 6.45) is 0. The molecule has 0 aliphatic rings. The minimum Gasteiger partial charge on any atom is -0.494 e. The fraction of sp³-hybridized carbons (Fsp3) is 0.240. The maximum atomic E-state index is 13.4. The Morgan fingerprint density at radius 2 is 1.65 bits per heavy atom. The molecule has 0 heterocycles. The Morgan fingerprint density at radius 3 is 2.29 bits per heavy atom. The third-order valence-electron chi connectivity index (χ3n) is 4.80. The predicted octanol–water partition coefficient (Wildman–Crippen LogP) is 4.27. The number of carbonyl (C=O) groups excluding carboxylic acids is 1. The van der Waals surface area contributed by atoms with Crippen molar-refractivity contribution < 1.29 is 22.7 Å². The zero-order valence-corrected chi connectivity index (χ0v) is 20.4. The molecule has 0 saturated carbocycles. The highest BCUT2D eigenvalue weighted by molar-refractivity contribution is 7.92. The number of nitrogens with zero attached hydrogens (tertiary/aromatic N) is 1. The van der Waals surface area contributed by atoms with E-state index in [1.807, 2.05) is 37.3 Å². The molecule has 3 rings (SSSR count). The Morgan fingerprint density at radius 1 is 0.971 bits per heavy atom. The largest absolute Gasteiger partial charge is 0.494 e. The molecule has 3 aromatic rings. The summed E-state index contributed by atoms with van der Waals surface area (Å²) in [5, 5.41) is 3.13. The second kappa shape index (κ2) is 12.4. The summed E-state index contributed by atoms with van der Waals surface area (Å²) in [6, 6.07) is 22.0. The summed E-state index contributed by atoms with van der Waals surface area (Å²) in [5.41, 5.74) is 1.37. The summed E-state index contributed by atoms with van der Waals surface area (Å²) >= 11 is 5.91. The molecule has 180 valence electrons. The van der Waals surface area contributed by atoms with Crippen LogP contribution in [0.15, 0.2) is 83.8 Å². The lowest BCUT2D eigenvalue weighted by molar-refractivity contribution is -0.119. The molecule has 34 heavy (non-hydrogen) atoms. The first-order valence-corrected chi connectivity index (χ1v) is 12.6. The molecule has 0 saturated heterocycles. The molecule has 7 nitrogen and oxygen atoms in total. The number of benzene rings is 3. The van der Waals surface area contributed by atoms with Gasteiger partial charge in [0.2, 0.25) is 5.91 Å². The van der Waals surface area contributed by atoms with Crippen LogP contribution in [0.4, 0.5) is 5.69 Å². The first-order valence-electron chi connectivity index (χ1n) is 10.8. The number of sulfonamides is 1. The number of hydrogen-bond acceptors (Lipinski definition) is 5. The van der Waals surface area contributed by atoms with Crippen molar-refractivity contribution in [3.63, 3.8) is 0 Å². The Labute approximate surface area is 205 Å². The van der Waals surface area contributed by atoms with Gasteiger partial charge in [0.25, 0.3) is 10.0 Å². The minimum absolute atomic E-state index is 0.0322. The lowest BCUT2D eigenvalue weighted by atomic mass is 10.2. The zero-order valence-electron chi connectivity index (χ0n) is 18.8. The van der Waals surface area contributed by atoms with Crippen LogP contribution in [0, 0.1) is 0 Å². The van der Waals surface area contributed by atoms with E-state index in [2.05, 4.69) is 5.32 Å². The van der Waals surface area contributed by atoms with E-state index < -0.39 is 22.5 Å². The van der Waals surface area contributed by atoms with Gasteiger partial charge in [0.1, 0.15) is 12.3 Å². The van der Waals surface area contributed by atoms with Crippen LogP contribution in [0.1, 0.15) is 12.5 Å². The van der Waals surface area contributed by atoms with E-state index in [4.69, 9.17) is 21.1 Å². The summed E-state index contributed by atoms with van der Waals surface area (Å²) in [5.74, 6) is 0.157. The van der Waals surface area contributed by atoms with Crippen molar-refractivity contribution in [1.82, 2.24) is 5.32 Å². The Balaban J connectivity index is 1.67. The molecule has 0 aliphatic carbocycles. The SMILES string of the molecule is CCOc1ccc(N(CC(=O)NCCOCc2ccccc2)S(=O)(=O)c2ccc(Cl)cc2)cc1. The standard InChI is InChI=1S/C25H27ClN2O5S/c1-2-33-23-12-10-22(11-13-23)28(34(30,31)24-14-8-21(26)9-15-24)18-25(29)27-16-17-32-19-20-6-4-3-5-7-20/h3-15H,2,16-19H2,1H3,(H,27,29). The lowest BCUT2D eigenvalue weighted by Gasteiger charge is -2.24. The number of carbonyl (C=O) groups is 1. The smallest absolute Gasteiger partial charge is 0.264 e. The first kappa shape index (κ1) is 25.6. The molecule has 0 unspecified atom stereocenters. The van der Waals surface area contributed by atoms with Crippen LogP contribution in [0.25, 0.3) is 0 Å². The summed E-state index contributed by atoms with van der Waals surface area (Å²) in [7, 11) is -4.02. The molecule has 9 heteroatoms. The van der Waals surface area contributed by atoms with Crippen molar-refractivity contribution in [3.05, 3.63) is 89.4 Å². The number of halogens is 1. The normalized spacial score (nSPS) is 11.1. The molecule has 0 atom stereocenters. The van der Waals surface area contributed by atoms with Crippen molar-refractivity contribution in [2.24, 2.45) is 0 Å². The molecule has 0 aromatic heterocycles. The number of nitrogens with one attached hydrogen (secondary N) is 1. The number of amides is 1. The number of hydrogen-bond donors (Lipinski definition) is 1. The summed E-state index contributed by atoms with van der Waals surface area (Å²) in [6.45, 7) is 2.94. The molecule has 0 bridgehead atoms. The van der Waals surface area contributed by atoms with Crippen LogP contribution in [-0.2, 0) is 26.2 Å². The maximum absolute atomic E-state index is 13.4. The number of rotatable bonds is 12. The monoisotopic (exact) mass is 502 g/mol. The Bertz CT molecular complexity index is 1150. The van der Waals surface area contributed by atoms with Crippen molar-refractivity contribution >= 4 is 33.2 Å². The molecule has 0 spiro atoms. The molecule has 0 radical (unpaired) electrons. The van der Waals surface area contributed by atoms with Gasteiger partial charge in [0, 0.05) is 11.6 Å². The van der Waals surface area contributed by atoms with Gasteiger partial charge in [-0.25, -0.2) is 8.42 Å².